The summed E-state index contributed by atoms with van der Waals surface area (Å²) in [6.07, 6.45) is -1.64. The van der Waals surface area contributed by atoms with Gasteiger partial charge in [-0.05, 0) is 44.7 Å². The Morgan fingerprint density at radius 2 is 2.04 bits per heavy atom. The molecule has 148 valence electrons. The quantitative estimate of drug-likeness (QED) is 0.819. The van der Waals surface area contributed by atoms with E-state index in [1.807, 2.05) is 0 Å². The fraction of sp³-hybridized carbons (Fsp3) is 0.611. The molecule has 0 saturated heterocycles. The predicted molar refractivity (Wildman–Crippen MR) is 94.1 cm³/mol. The molecule has 0 aliphatic heterocycles. The van der Waals surface area contributed by atoms with E-state index >= 15 is 0 Å². The van der Waals surface area contributed by atoms with E-state index < -0.39 is 29.3 Å². The van der Waals surface area contributed by atoms with E-state index in [2.05, 4.69) is 15.3 Å². The number of amides is 1. The van der Waals surface area contributed by atoms with Gasteiger partial charge >= 0.3 is 6.18 Å². The van der Waals surface area contributed by atoms with Crippen LogP contribution in [0.25, 0.3) is 11.2 Å². The lowest BCUT2D eigenvalue weighted by molar-refractivity contribution is -0.141. The van der Waals surface area contributed by atoms with Crippen LogP contribution in [0.3, 0.4) is 0 Å². The third-order valence-corrected chi connectivity index (χ3v) is 5.54. The van der Waals surface area contributed by atoms with Crippen molar-refractivity contribution in [2.45, 2.75) is 64.3 Å². The summed E-state index contributed by atoms with van der Waals surface area (Å²) in [4.78, 5) is 20.6. The molecule has 1 amide bonds. The van der Waals surface area contributed by atoms with Crippen molar-refractivity contribution >= 4 is 23.0 Å². The number of imidazole rings is 1. The largest absolute Gasteiger partial charge is 0.433 e. The highest BCUT2D eigenvalue weighted by Gasteiger charge is 2.36. The minimum atomic E-state index is -4.55. The molecule has 0 radical (unpaired) electrons. The van der Waals surface area contributed by atoms with Crippen molar-refractivity contribution in [3.63, 3.8) is 0 Å². The zero-order valence-corrected chi connectivity index (χ0v) is 15.5. The monoisotopic (exact) mass is 384 g/mol. The Kier molecular flexibility index (Phi) is 4.92. The summed E-state index contributed by atoms with van der Waals surface area (Å²) in [5.74, 6) is -0.977. The summed E-state index contributed by atoms with van der Waals surface area (Å²) < 4.78 is 40.7. The van der Waals surface area contributed by atoms with Crippen LogP contribution in [0.5, 0.6) is 0 Å². The number of hydrogen-bond donors (Lipinski definition) is 2. The Balaban J connectivity index is 2.01. The molecule has 1 aliphatic rings. The van der Waals surface area contributed by atoms with Crippen molar-refractivity contribution in [1.82, 2.24) is 14.5 Å². The second-order valence-corrected chi connectivity index (χ2v) is 7.35. The van der Waals surface area contributed by atoms with Crippen molar-refractivity contribution in [1.29, 1.82) is 0 Å². The third kappa shape index (κ3) is 3.65. The summed E-state index contributed by atoms with van der Waals surface area (Å²) >= 11 is 0. The van der Waals surface area contributed by atoms with Gasteiger partial charge in [0.25, 0.3) is 0 Å². The number of aliphatic hydroxyl groups is 1. The average molecular weight is 384 g/mol. The first kappa shape index (κ1) is 19.6. The van der Waals surface area contributed by atoms with Crippen LogP contribution >= 0.6 is 0 Å². The van der Waals surface area contributed by atoms with E-state index in [-0.39, 0.29) is 17.6 Å². The zero-order chi connectivity index (χ0) is 20.0. The van der Waals surface area contributed by atoms with Gasteiger partial charge in [-0.3, -0.25) is 14.7 Å². The summed E-state index contributed by atoms with van der Waals surface area (Å²) in [5.41, 5.74) is -1.78. The number of fused-ring (bicyclic) bond motifs is 1. The topological polar surface area (TPSA) is 80.0 Å². The second kappa shape index (κ2) is 6.78. The first-order valence-corrected chi connectivity index (χ1v) is 9.04. The van der Waals surface area contributed by atoms with Gasteiger partial charge in [0.05, 0.1) is 11.5 Å². The van der Waals surface area contributed by atoms with Crippen molar-refractivity contribution in [3.8, 4) is 0 Å². The van der Waals surface area contributed by atoms with E-state index in [9.17, 15) is 23.1 Å². The summed E-state index contributed by atoms with van der Waals surface area (Å²) in [6.45, 7) is 4.95. The highest BCUT2D eigenvalue weighted by molar-refractivity contribution is 5.93. The lowest BCUT2D eigenvalue weighted by atomic mass is 9.88. The number of carbonyl (C=O) groups is 1. The van der Waals surface area contributed by atoms with Gasteiger partial charge in [-0.2, -0.15) is 13.2 Å². The van der Waals surface area contributed by atoms with Crippen LogP contribution in [0.4, 0.5) is 19.1 Å². The number of alkyl halides is 3. The van der Waals surface area contributed by atoms with E-state index in [1.165, 1.54) is 6.07 Å². The van der Waals surface area contributed by atoms with Crippen LogP contribution in [0.2, 0.25) is 0 Å². The molecule has 3 rings (SSSR count). The molecule has 9 heteroatoms. The van der Waals surface area contributed by atoms with Crippen molar-refractivity contribution in [2.75, 3.05) is 5.32 Å². The Morgan fingerprint density at radius 3 is 2.56 bits per heavy atom. The van der Waals surface area contributed by atoms with Gasteiger partial charge in [0.1, 0.15) is 11.2 Å². The molecule has 2 aromatic heterocycles. The van der Waals surface area contributed by atoms with Crippen LogP contribution in [0, 0.1) is 5.92 Å². The fourth-order valence-corrected chi connectivity index (χ4v) is 3.02. The molecule has 27 heavy (non-hydrogen) atoms. The van der Waals surface area contributed by atoms with Gasteiger partial charge in [-0.25, -0.2) is 9.97 Å². The Hall–Kier alpha value is -2.16. The van der Waals surface area contributed by atoms with Gasteiger partial charge in [-0.15, -0.1) is 0 Å². The number of rotatable bonds is 5. The van der Waals surface area contributed by atoms with Gasteiger partial charge in [-0.1, -0.05) is 13.8 Å². The molecule has 1 aliphatic carbocycles. The van der Waals surface area contributed by atoms with Gasteiger partial charge in [0.2, 0.25) is 11.9 Å². The Bertz CT molecular complexity index is 856. The van der Waals surface area contributed by atoms with Crippen LogP contribution in [-0.4, -0.2) is 31.1 Å². The summed E-state index contributed by atoms with van der Waals surface area (Å²) in [6, 6.07) is 2.10. The Morgan fingerprint density at radius 1 is 1.37 bits per heavy atom. The molecule has 1 saturated carbocycles. The van der Waals surface area contributed by atoms with Crippen molar-refractivity contribution in [2.24, 2.45) is 5.92 Å². The van der Waals surface area contributed by atoms with Crippen LogP contribution < -0.4 is 5.32 Å². The maximum absolute atomic E-state index is 13.0. The second-order valence-electron chi connectivity index (χ2n) is 7.35. The lowest BCUT2D eigenvalue weighted by Gasteiger charge is -2.30. The smallest absolute Gasteiger partial charge is 0.389 e. The van der Waals surface area contributed by atoms with Crippen molar-refractivity contribution in [3.05, 3.63) is 17.8 Å². The molecule has 2 heterocycles. The lowest BCUT2D eigenvalue weighted by Crippen LogP contribution is -2.40. The fourth-order valence-electron chi connectivity index (χ4n) is 3.02. The molecule has 0 bridgehead atoms. The minimum Gasteiger partial charge on any atom is -0.389 e. The molecule has 2 N–H and O–H groups in total. The number of halogens is 3. The first-order valence-electron chi connectivity index (χ1n) is 9.04. The minimum absolute atomic E-state index is 0.0525. The van der Waals surface area contributed by atoms with E-state index in [0.29, 0.717) is 11.9 Å². The number of nitrogens with one attached hydrogen (secondary N) is 1. The SMILES string of the molecule is CC[C@](C)(O)[C@H](C)C(=O)Nc1nc2ccc(C(F)(F)F)nc2n1C1CCC1. The number of carbonyl (C=O) groups excluding carboxylic acids is 1. The maximum Gasteiger partial charge on any atom is 0.433 e. The molecule has 0 unspecified atom stereocenters. The van der Waals surface area contributed by atoms with Crippen molar-refractivity contribution < 1.29 is 23.1 Å². The average Bonchev–Trinajstić information content (AvgIpc) is 2.89. The molecule has 2 atom stereocenters. The standard InChI is InChI=1S/C18H23F3N4O2/c1-4-17(3,27)10(2)15(26)24-16-22-12-8-9-13(18(19,20)21)23-14(12)25(16)11-6-5-7-11/h8-11,27H,4-7H2,1-3H3,(H,22,24,26)/t10-,17+/m1/s1. The number of pyridine rings is 1. The highest BCUT2D eigenvalue weighted by Crippen LogP contribution is 2.38. The van der Waals surface area contributed by atoms with Gasteiger partial charge in [0, 0.05) is 6.04 Å². The number of anilines is 1. The third-order valence-electron chi connectivity index (χ3n) is 5.54. The van der Waals surface area contributed by atoms with Crippen LogP contribution in [0.1, 0.15) is 58.2 Å². The first-order chi connectivity index (χ1) is 12.5. The van der Waals surface area contributed by atoms with E-state index in [0.717, 1.165) is 25.3 Å². The van der Waals surface area contributed by atoms with E-state index in [4.69, 9.17) is 0 Å². The summed E-state index contributed by atoms with van der Waals surface area (Å²) in [7, 11) is 0. The molecule has 0 spiro atoms. The Labute approximate surface area is 154 Å². The molecular formula is C18H23F3N4O2. The summed E-state index contributed by atoms with van der Waals surface area (Å²) in [5, 5.41) is 13.0. The predicted octanol–water partition coefficient (Wildman–Crippen LogP) is 3.91. The normalized spacial score (nSPS) is 18.8. The number of nitrogens with zero attached hydrogens (tertiary/aromatic N) is 3. The molecule has 1 fully saturated rings. The highest BCUT2D eigenvalue weighted by atomic mass is 19.4. The maximum atomic E-state index is 13.0. The van der Waals surface area contributed by atoms with E-state index in [1.54, 1.807) is 25.3 Å². The molecule has 6 nitrogen and oxygen atoms in total. The zero-order valence-electron chi connectivity index (χ0n) is 15.5. The molecular weight excluding hydrogens is 361 g/mol. The van der Waals surface area contributed by atoms with Gasteiger partial charge < -0.3 is 5.11 Å². The molecule has 0 aromatic carbocycles. The van der Waals surface area contributed by atoms with Crippen LogP contribution in [-0.2, 0) is 11.0 Å². The number of aromatic nitrogens is 3. The van der Waals surface area contributed by atoms with Gasteiger partial charge in [0.15, 0.2) is 5.65 Å². The molecule has 2 aromatic rings. The van der Waals surface area contributed by atoms with Crippen LogP contribution in [0.15, 0.2) is 12.1 Å². The number of hydrogen-bond acceptors (Lipinski definition) is 4.